The smallest absolute Gasteiger partial charge is 0.303 e. The van der Waals surface area contributed by atoms with Crippen LogP contribution in [0.5, 0.6) is 0 Å². The van der Waals surface area contributed by atoms with Crippen LogP contribution in [-0.4, -0.2) is 11.8 Å². The Bertz CT molecular complexity index is 327. The van der Waals surface area contributed by atoms with Gasteiger partial charge in [-0.05, 0) is 12.5 Å². The molecule has 80 valence electrons. The fourth-order valence-electron chi connectivity index (χ4n) is 1.36. The molecule has 0 aliphatic heterocycles. The predicted molar refractivity (Wildman–Crippen MR) is 56.2 cm³/mol. The normalized spacial score (nSPS) is 11.9. The molecule has 0 saturated carbocycles. The molecule has 15 heavy (non-hydrogen) atoms. The highest BCUT2D eigenvalue weighted by molar-refractivity contribution is 5.76. The van der Waals surface area contributed by atoms with Crippen molar-refractivity contribution < 1.29 is 14.3 Å². The van der Waals surface area contributed by atoms with Gasteiger partial charge in [-0.1, -0.05) is 30.3 Å². The minimum atomic E-state index is -0.457. The maximum atomic E-state index is 11.0. The van der Waals surface area contributed by atoms with Crippen LogP contribution in [0.4, 0.5) is 0 Å². The minimum absolute atomic E-state index is 0.00473. The molecule has 0 saturated heterocycles. The maximum Gasteiger partial charge on any atom is 0.303 e. The Labute approximate surface area is 89.1 Å². The second-order valence-electron chi connectivity index (χ2n) is 3.41. The standard InChI is InChI=1S/C12H14O3/c1-9(13)8-12(15-10(2)14)11-6-4-3-5-7-11/h3-7,12H,8H2,1-2H3. The van der Waals surface area contributed by atoms with Gasteiger partial charge in [0.25, 0.3) is 0 Å². The molecule has 3 nitrogen and oxygen atoms in total. The van der Waals surface area contributed by atoms with Gasteiger partial charge in [0.2, 0.25) is 0 Å². The van der Waals surface area contributed by atoms with E-state index in [0.717, 1.165) is 5.56 Å². The van der Waals surface area contributed by atoms with Crippen molar-refractivity contribution in [1.82, 2.24) is 0 Å². The molecule has 3 heteroatoms. The van der Waals surface area contributed by atoms with Crippen molar-refractivity contribution in [3.8, 4) is 0 Å². The number of esters is 1. The van der Waals surface area contributed by atoms with Crippen LogP contribution in [0.3, 0.4) is 0 Å². The Morgan fingerprint density at radius 3 is 2.27 bits per heavy atom. The van der Waals surface area contributed by atoms with Crippen molar-refractivity contribution >= 4 is 11.8 Å². The topological polar surface area (TPSA) is 43.4 Å². The summed E-state index contributed by atoms with van der Waals surface area (Å²) in [7, 11) is 0. The molecule has 1 rings (SSSR count). The number of hydrogen-bond donors (Lipinski definition) is 0. The molecule has 1 aromatic rings. The largest absolute Gasteiger partial charge is 0.457 e. The van der Waals surface area contributed by atoms with E-state index in [4.69, 9.17) is 4.74 Å². The van der Waals surface area contributed by atoms with Crippen molar-refractivity contribution in [2.45, 2.75) is 26.4 Å². The number of ether oxygens (including phenoxy) is 1. The molecular formula is C12H14O3. The number of Topliss-reactive ketones (excluding diaryl/α,β-unsaturated/α-hetero) is 1. The molecule has 0 heterocycles. The van der Waals surface area contributed by atoms with Gasteiger partial charge in [0.05, 0.1) is 0 Å². The Balaban J connectivity index is 2.81. The number of carbonyl (C=O) groups excluding carboxylic acids is 2. The number of benzene rings is 1. The van der Waals surface area contributed by atoms with Crippen LogP contribution in [-0.2, 0) is 14.3 Å². The molecule has 1 unspecified atom stereocenters. The highest BCUT2D eigenvalue weighted by Crippen LogP contribution is 2.21. The van der Waals surface area contributed by atoms with Crippen molar-refractivity contribution in [3.05, 3.63) is 35.9 Å². The third kappa shape index (κ3) is 3.94. The summed E-state index contributed by atoms with van der Waals surface area (Å²) in [6.45, 7) is 2.83. The van der Waals surface area contributed by atoms with Crippen LogP contribution in [0, 0.1) is 0 Å². The first kappa shape index (κ1) is 11.4. The van der Waals surface area contributed by atoms with E-state index in [1.165, 1.54) is 13.8 Å². The van der Waals surface area contributed by atoms with E-state index in [-0.39, 0.29) is 18.2 Å². The summed E-state index contributed by atoms with van der Waals surface area (Å²) in [4.78, 5) is 21.9. The van der Waals surface area contributed by atoms with Gasteiger partial charge < -0.3 is 4.74 Å². The predicted octanol–water partition coefficient (Wildman–Crippen LogP) is 2.27. The number of hydrogen-bond acceptors (Lipinski definition) is 3. The van der Waals surface area contributed by atoms with Crippen LogP contribution < -0.4 is 0 Å². The fraction of sp³-hybridized carbons (Fsp3) is 0.333. The minimum Gasteiger partial charge on any atom is -0.457 e. The van der Waals surface area contributed by atoms with E-state index in [1.807, 2.05) is 30.3 Å². The number of rotatable bonds is 4. The van der Waals surface area contributed by atoms with Gasteiger partial charge in [-0.3, -0.25) is 9.59 Å². The summed E-state index contributed by atoms with van der Waals surface area (Å²) in [6.07, 6.45) is -0.231. The Morgan fingerprint density at radius 1 is 1.20 bits per heavy atom. The van der Waals surface area contributed by atoms with Crippen molar-refractivity contribution in [1.29, 1.82) is 0 Å². The molecule has 0 aliphatic rings. The summed E-state index contributed by atoms with van der Waals surface area (Å²) in [6, 6.07) is 9.27. The zero-order chi connectivity index (χ0) is 11.3. The third-order valence-electron chi connectivity index (χ3n) is 1.95. The SMILES string of the molecule is CC(=O)CC(OC(C)=O)c1ccccc1. The number of carbonyl (C=O) groups is 2. The highest BCUT2D eigenvalue weighted by atomic mass is 16.5. The monoisotopic (exact) mass is 206 g/mol. The maximum absolute atomic E-state index is 11.0. The molecule has 0 aliphatic carbocycles. The van der Waals surface area contributed by atoms with Crippen LogP contribution in [0.1, 0.15) is 31.9 Å². The Hall–Kier alpha value is -1.64. The van der Waals surface area contributed by atoms with E-state index in [2.05, 4.69) is 0 Å². The Morgan fingerprint density at radius 2 is 1.80 bits per heavy atom. The zero-order valence-corrected chi connectivity index (χ0v) is 8.90. The summed E-state index contributed by atoms with van der Waals surface area (Å²) in [5, 5.41) is 0. The van der Waals surface area contributed by atoms with Gasteiger partial charge >= 0.3 is 5.97 Å². The quantitative estimate of drug-likeness (QED) is 0.710. The zero-order valence-electron chi connectivity index (χ0n) is 8.90. The van der Waals surface area contributed by atoms with Gasteiger partial charge in [-0.25, -0.2) is 0 Å². The van der Waals surface area contributed by atoms with E-state index in [0.29, 0.717) is 0 Å². The van der Waals surface area contributed by atoms with Crippen LogP contribution in [0.25, 0.3) is 0 Å². The van der Waals surface area contributed by atoms with Crippen molar-refractivity contribution in [2.24, 2.45) is 0 Å². The van der Waals surface area contributed by atoms with Gasteiger partial charge in [0, 0.05) is 13.3 Å². The molecule has 0 fully saturated rings. The lowest BCUT2D eigenvalue weighted by molar-refractivity contribution is -0.147. The molecule has 0 N–H and O–H groups in total. The summed E-state index contributed by atoms with van der Waals surface area (Å²) in [5.41, 5.74) is 0.850. The molecule has 0 aromatic heterocycles. The lowest BCUT2D eigenvalue weighted by Crippen LogP contribution is -2.11. The van der Waals surface area contributed by atoms with Crippen molar-refractivity contribution in [3.63, 3.8) is 0 Å². The van der Waals surface area contributed by atoms with E-state index in [9.17, 15) is 9.59 Å². The average molecular weight is 206 g/mol. The van der Waals surface area contributed by atoms with Gasteiger partial charge in [-0.2, -0.15) is 0 Å². The summed E-state index contributed by atoms with van der Waals surface area (Å²) in [5.74, 6) is -0.366. The second-order valence-corrected chi connectivity index (χ2v) is 3.41. The van der Waals surface area contributed by atoms with Crippen LogP contribution in [0.2, 0.25) is 0 Å². The Kier molecular flexibility index (Phi) is 4.03. The summed E-state index contributed by atoms with van der Waals surface area (Å²) >= 11 is 0. The van der Waals surface area contributed by atoms with E-state index < -0.39 is 6.10 Å². The second kappa shape index (κ2) is 5.29. The van der Waals surface area contributed by atoms with Crippen LogP contribution in [0.15, 0.2) is 30.3 Å². The lowest BCUT2D eigenvalue weighted by Gasteiger charge is -2.15. The first-order chi connectivity index (χ1) is 7.09. The molecule has 0 radical (unpaired) electrons. The molecule has 0 bridgehead atoms. The van der Waals surface area contributed by atoms with E-state index >= 15 is 0 Å². The van der Waals surface area contributed by atoms with E-state index in [1.54, 1.807) is 0 Å². The van der Waals surface area contributed by atoms with Gasteiger partial charge in [0.1, 0.15) is 11.9 Å². The molecule has 1 atom stereocenters. The molecular weight excluding hydrogens is 192 g/mol. The molecule has 0 amide bonds. The third-order valence-corrected chi connectivity index (χ3v) is 1.95. The first-order valence-corrected chi connectivity index (χ1v) is 4.81. The molecule has 1 aromatic carbocycles. The van der Waals surface area contributed by atoms with Crippen molar-refractivity contribution in [2.75, 3.05) is 0 Å². The lowest BCUT2D eigenvalue weighted by atomic mass is 10.0. The van der Waals surface area contributed by atoms with Gasteiger partial charge in [-0.15, -0.1) is 0 Å². The molecule has 0 spiro atoms. The highest BCUT2D eigenvalue weighted by Gasteiger charge is 2.16. The number of ketones is 1. The first-order valence-electron chi connectivity index (χ1n) is 4.81. The fourth-order valence-corrected chi connectivity index (χ4v) is 1.36. The van der Waals surface area contributed by atoms with Crippen LogP contribution >= 0.6 is 0 Å². The van der Waals surface area contributed by atoms with Gasteiger partial charge in [0.15, 0.2) is 0 Å². The summed E-state index contributed by atoms with van der Waals surface area (Å²) < 4.78 is 5.09. The average Bonchev–Trinajstić information content (AvgIpc) is 2.17.